The number of phenols is 1. The van der Waals surface area contributed by atoms with Gasteiger partial charge in [0.2, 0.25) is 0 Å². The Morgan fingerprint density at radius 1 is 1.43 bits per heavy atom. The SMILES string of the molecule is CC(C)S(=O)(=O)C1CSC(NC(=O)c2ccccc2O)=N1. The summed E-state index contributed by atoms with van der Waals surface area (Å²) in [6, 6.07) is 6.13. The first-order valence-electron chi connectivity index (χ1n) is 6.35. The van der Waals surface area contributed by atoms with E-state index < -0.39 is 26.4 Å². The van der Waals surface area contributed by atoms with E-state index in [0.29, 0.717) is 0 Å². The summed E-state index contributed by atoms with van der Waals surface area (Å²) in [7, 11) is -3.33. The van der Waals surface area contributed by atoms with Gasteiger partial charge < -0.3 is 10.4 Å². The van der Waals surface area contributed by atoms with Crippen LogP contribution < -0.4 is 5.32 Å². The van der Waals surface area contributed by atoms with Crippen LogP contribution >= 0.6 is 11.8 Å². The fourth-order valence-corrected chi connectivity index (χ4v) is 4.39. The maximum absolute atomic E-state index is 12.0. The molecule has 1 aliphatic rings. The number of aliphatic imine (C=N–C) groups is 1. The number of aromatic hydroxyl groups is 1. The molecule has 2 rings (SSSR count). The Morgan fingerprint density at radius 2 is 2.10 bits per heavy atom. The fraction of sp³-hybridized carbons (Fsp3) is 0.385. The Balaban J connectivity index is 2.12. The molecule has 1 aromatic rings. The van der Waals surface area contributed by atoms with Gasteiger partial charge in [0.15, 0.2) is 20.4 Å². The minimum absolute atomic E-state index is 0.121. The van der Waals surface area contributed by atoms with Crippen LogP contribution in [0.25, 0.3) is 0 Å². The summed E-state index contributed by atoms with van der Waals surface area (Å²) in [6.07, 6.45) is 0. The van der Waals surface area contributed by atoms with Gasteiger partial charge in [-0.3, -0.25) is 4.79 Å². The van der Waals surface area contributed by atoms with Gasteiger partial charge in [-0.15, -0.1) is 0 Å². The first kappa shape index (κ1) is 15.8. The molecule has 2 N–H and O–H groups in total. The lowest BCUT2D eigenvalue weighted by atomic mass is 10.2. The minimum Gasteiger partial charge on any atom is -0.507 e. The second-order valence-corrected chi connectivity index (χ2v) is 8.48. The van der Waals surface area contributed by atoms with E-state index in [1.807, 2.05) is 0 Å². The van der Waals surface area contributed by atoms with Crippen molar-refractivity contribution < 1.29 is 18.3 Å². The summed E-state index contributed by atoms with van der Waals surface area (Å²) in [5.74, 6) is -0.358. The van der Waals surface area contributed by atoms with E-state index >= 15 is 0 Å². The number of thioether (sulfide) groups is 1. The number of sulfone groups is 1. The molecule has 1 unspecified atom stereocenters. The summed E-state index contributed by atoms with van der Waals surface area (Å²) in [5, 5.41) is 11.0. The lowest BCUT2D eigenvalue weighted by Crippen LogP contribution is -2.29. The fourth-order valence-electron chi connectivity index (χ4n) is 1.74. The van der Waals surface area contributed by atoms with Crippen molar-refractivity contribution >= 4 is 32.7 Å². The molecule has 114 valence electrons. The van der Waals surface area contributed by atoms with Crippen LogP contribution in [0.2, 0.25) is 0 Å². The molecule has 0 spiro atoms. The Kier molecular flexibility index (Phi) is 4.58. The maximum atomic E-state index is 12.0. The number of amides is 1. The van der Waals surface area contributed by atoms with E-state index in [0.717, 1.165) is 0 Å². The maximum Gasteiger partial charge on any atom is 0.260 e. The molecule has 21 heavy (non-hydrogen) atoms. The van der Waals surface area contributed by atoms with Crippen molar-refractivity contribution in [1.29, 1.82) is 0 Å². The van der Waals surface area contributed by atoms with Crippen molar-refractivity contribution in [1.82, 2.24) is 5.32 Å². The summed E-state index contributed by atoms with van der Waals surface area (Å²) >= 11 is 1.18. The Bertz CT molecular complexity index is 683. The monoisotopic (exact) mass is 328 g/mol. The molecule has 6 nitrogen and oxygen atoms in total. The standard InChI is InChI=1S/C13H16N2O4S2/c1-8(2)21(18,19)11-7-20-13(14-11)15-12(17)9-5-3-4-6-10(9)16/h3-6,8,11,16H,7H2,1-2H3,(H,14,15,17). The zero-order valence-electron chi connectivity index (χ0n) is 11.6. The van der Waals surface area contributed by atoms with Crippen LogP contribution in [0.5, 0.6) is 5.75 Å². The topological polar surface area (TPSA) is 95.8 Å². The number of rotatable bonds is 3. The summed E-state index contributed by atoms with van der Waals surface area (Å²) < 4.78 is 24.0. The molecule has 0 bridgehead atoms. The van der Waals surface area contributed by atoms with Crippen molar-refractivity contribution in [3.63, 3.8) is 0 Å². The third kappa shape index (κ3) is 3.38. The largest absolute Gasteiger partial charge is 0.507 e. The lowest BCUT2D eigenvalue weighted by molar-refractivity contribution is 0.0975. The molecule has 1 aromatic carbocycles. The molecular weight excluding hydrogens is 312 g/mol. The third-order valence-electron chi connectivity index (χ3n) is 3.03. The van der Waals surface area contributed by atoms with Gasteiger partial charge in [0, 0.05) is 5.75 Å². The van der Waals surface area contributed by atoms with Crippen LogP contribution in [0.3, 0.4) is 0 Å². The van der Waals surface area contributed by atoms with Gasteiger partial charge in [0.05, 0.1) is 10.8 Å². The lowest BCUT2D eigenvalue weighted by Gasteiger charge is -2.10. The van der Waals surface area contributed by atoms with Crippen LogP contribution in [-0.4, -0.2) is 41.0 Å². The first-order valence-corrected chi connectivity index (χ1v) is 8.94. The summed E-state index contributed by atoms with van der Waals surface area (Å²) in [5.41, 5.74) is 0.121. The molecule has 0 radical (unpaired) electrons. The van der Waals surface area contributed by atoms with Crippen molar-refractivity contribution in [3.05, 3.63) is 29.8 Å². The van der Waals surface area contributed by atoms with Gasteiger partial charge in [-0.2, -0.15) is 0 Å². The first-order chi connectivity index (χ1) is 9.82. The highest BCUT2D eigenvalue weighted by atomic mass is 32.2. The Hall–Kier alpha value is -1.54. The van der Waals surface area contributed by atoms with Crippen LogP contribution in [0, 0.1) is 0 Å². The van der Waals surface area contributed by atoms with Gasteiger partial charge >= 0.3 is 0 Å². The highest BCUT2D eigenvalue weighted by molar-refractivity contribution is 8.14. The van der Waals surface area contributed by atoms with Gasteiger partial charge in [-0.05, 0) is 26.0 Å². The predicted molar refractivity (Wildman–Crippen MR) is 83.3 cm³/mol. The van der Waals surface area contributed by atoms with Crippen LogP contribution in [0.15, 0.2) is 29.3 Å². The highest BCUT2D eigenvalue weighted by Gasteiger charge is 2.33. The van der Waals surface area contributed by atoms with Crippen molar-refractivity contribution in [3.8, 4) is 5.75 Å². The second kappa shape index (κ2) is 6.07. The molecule has 0 fully saturated rings. The van der Waals surface area contributed by atoms with Gasteiger partial charge in [0.25, 0.3) is 5.91 Å². The molecule has 1 amide bonds. The van der Waals surface area contributed by atoms with E-state index in [4.69, 9.17) is 0 Å². The molecule has 0 aliphatic carbocycles. The van der Waals surface area contributed by atoms with Crippen molar-refractivity contribution in [2.45, 2.75) is 24.5 Å². The molecule has 1 heterocycles. The zero-order valence-corrected chi connectivity index (χ0v) is 13.2. The van der Waals surface area contributed by atoms with E-state index in [9.17, 15) is 18.3 Å². The average molecular weight is 328 g/mol. The van der Waals surface area contributed by atoms with Crippen molar-refractivity contribution in [2.24, 2.45) is 4.99 Å². The number of amidine groups is 1. The Labute approximate surface area is 127 Å². The van der Waals surface area contributed by atoms with Gasteiger partial charge in [-0.1, -0.05) is 23.9 Å². The van der Waals surface area contributed by atoms with Gasteiger partial charge in [-0.25, -0.2) is 13.4 Å². The number of nitrogens with zero attached hydrogens (tertiary/aromatic N) is 1. The third-order valence-corrected chi connectivity index (χ3v) is 6.55. The quantitative estimate of drug-likeness (QED) is 0.874. The average Bonchev–Trinajstić information content (AvgIpc) is 2.88. The molecular formula is C13H16N2O4S2. The number of hydrogen-bond acceptors (Lipinski definition) is 6. The van der Waals surface area contributed by atoms with E-state index in [-0.39, 0.29) is 22.2 Å². The Morgan fingerprint density at radius 3 is 2.71 bits per heavy atom. The van der Waals surface area contributed by atoms with E-state index in [1.54, 1.807) is 26.0 Å². The number of para-hydroxylation sites is 1. The van der Waals surface area contributed by atoms with E-state index in [1.165, 1.54) is 23.9 Å². The second-order valence-electron chi connectivity index (χ2n) is 4.81. The number of benzene rings is 1. The molecule has 0 aromatic heterocycles. The van der Waals surface area contributed by atoms with Crippen LogP contribution in [0.1, 0.15) is 24.2 Å². The molecule has 0 saturated heterocycles. The van der Waals surface area contributed by atoms with Crippen LogP contribution in [0.4, 0.5) is 0 Å². The van der Waals surface area contributed by atoms with Gasteiger partial charge in [0.1, 0.15) is 5.75 Å². The van der Waals surface area contributed by atoms with Crippen LogP contribution in [-0.2, 0) is 9.84 Å². The molecule has 8 heteroatoms. The summed E-state index contributed by atoms with van der Waals surface area (Å²) in [4.78, 5) is 16.1. The number of carbonyl (C=O) groups excluding carboxylic acids is 1. The summed E-state index contributed by atoms with van der Waals surface area (Å²) in [6.45, 7) is 3.21. The normalized spacial score (nSPS) is 18.6. The molecule has 0 saturated carbocycles. The number of carbonyl (C=O) groups is 1. The molecule has 1 atom stereocenters. The minimum atomic E-state index is -3.33. The number of nitrogens with one attached hydrogen (secondary N) is 1. The van der Waals surface area contributed by atoms with E-state index in [2.05, 4.69) is 10.3 Å². The number of phenolic OH excluding ortho intramolecular Hbond substituents is 1. The predicted octanol–water partition coefficient (Wildman–Crippen LogP) is 1.37. The zero-order chi connectivity index (χ0) is 15.6. The highest BCUT2D eigenvalue weighted by Crippen LogP contribution is 2.24. The molecule has 1 aliphatic heterocycles. The van der Waals surface area contributed by atoms with Crippen molar-refractivity contribution in [2.75, 3.05) is 5.75 Å². The number of hydrogen-bond donors (Lipinski definition) is 2. The smallest absolute Gasteiger partial charge is 0.260 e.